The first-order valence-corrected chi connectivity index (χ1v) is 8.90. The fourth-order valence-electron chi connectivity index (χ4n) is 3.94. The number of phenols is 1. The van der Waals surface area contributed by atoms with E-state index in [0.29, 0.717) is 13.0 Å². The van der Waals surface area contributed by atoms with Crippen LogP contribution in [0.25, 0.3) is 11.0 Å². The Morgan fingerprint density at radius 3 is 2.92 bits per heavy atom. The van der Waals surface area contributed by atoms with Crippen molar-refractivity contribution in [2.24, 2.45) is 0 Å². The molecule has 3 heterocycles. The fourth-order valence-corrected chi connectivity index (χ4v) is 3.94. The Bertz CT molecular complexity index is 1040. The molecule has 0 aliphatic carbocycles. The first kappa shape index (κ1) is 15.4. The molecule has 2 aliphatic rings. The first-order chi connectivity index (χ1) is 12.6. The highest BCUT2D eigenvalue weighted by molar-refractivity contribution is 5.80. The Morgan fingerprint density at radius 1 is 1.19 bits per heavy atom. The van der Waals surface area contributed by atoms with E-state index in [1.807, 2.05) is 18.2 Å². The average Bonchev–Trinajstić information content (AvgIpc) is 3.22. The van der Waals surface area contributed by atoms with E-state index in [9.17, 15) is 5.11 Å². The van der Waals surface area contributed by atoms with Crippen LogP contribution in [0, 0.1) is 0 Å². The normalized spacial score (nSPS) is 19.9. The number of ether oxygens (including phenoxy) is 2. The van der Waals surface area contributed by atoms with Gasteiger partial charge in [-0.1, -0.05) is 17.7 Å². The monoisotopic (exact) mass is 348 g/mol. The lowest BCUT2D eigenvalue weighted by Gasteiger charge is -2.27. The van der Waals surface area contributed by atoms with Crippen molar-refractivity contribution in [1.82, 2.24) is 0 Å². The molecule has 26 heavy (non-hydrogen) atoms. The largest absolute Gasteiger partial charge is 0.508 e. The summed E-state index contributed by atoms with van der Waals surface area (Å²) in [4.78, 5) is 0. The molecule has 0 spiro atoms. The summed E-state index contributed by atoms with van der Waals surface area (Å²) in [6, 6.07) is 9.72. The molecular weight excluding hydrogens is 328 g/mol. The second kappa shape index (κ2) is 5.56. The summed E-state index contributed by atoms with van der Waals surface area (Å²) in [5.74, 6) is 2.04. The van der Waals surface area contributed by atoms with Gasteiger partial charge in [0.15, 0.2) is 0 Å². The van der Waals surface area contributed by atoms with E-state index < -0.39 is 0 Å². The maximum atomic E-state index is 10.4. The van der Waals surface area contributed by atoms with E-state index in [-0.39, 0.29) is 17.8 Å². The lowest BCUT2D eigenvalue weighted by molar-refractivity contribution is 0.139. The molecule has 0 amide bonds. The minimum absolute atomic E-state index is 0.0969. The van der Waals surface area contributed by atoms with Crippen molar-refractivity contribution in [3.8, 4) is 17.2 Å². The number of aromatic hydroxyl groups is 1. The minimum atomic E-state index is -0.0969. The van der Waals surface area contributed by atoms with Gasteiger partial charge in [0.05, 0.1) is 18.8 Å². The summed E-state index contributed by atoms with van der Waals surface area (Å²) in [6.45, 7) is 4.67. The van der Waals surface area contributed by atoms with Gasteiger partial charge in [-0.3, -0.25) is 0 Å². The van der Waals surface area contributed by atoms with Crippen LogP contribution < -0.4 is 9.47 Å². The van der Waals surface area contributed by atoms with Crippen molar-refractivity contribution in [3.05, 3.63) is 64.9 Å². The zero-order chi connectivity index (χ0) is 17.8. The molecule has 2 aliphatic heterocycles. The zero-order valence-corrected chi connectivity index (χ0v) is 14.8. The highest BCUT2D eigenvalue weighted by atomic mass is 16.5. The smallest absolute Gasteiger partial charge is 0.138 e. The molecule has 0 bridgehead atoms. The maximum absolute atomic E-state index is 10.4. The lowest BCUT2D eigenvalue weighted by atomic mass is 9.88. The average molecular weight is 348 g/mol. The number of fused-ring (bicyclic) bond motifs is 6. The third kappa shape index (κ3) is 2.22. The highest BCUT2D eigenvalue weighted by Gasteiger charge is 2.42. The van der Waals surface area contributed by atoms with Gasteiger partial charge in [0, 0.05) is 28.1 Å². The number of furan rings is 1. The zero-order valence-electron chi connectivity index (χ0n) is 14.8. The number of hydrogen-bond acceptors (Lipinski definition) is 4. The van der Waals surface area contributed by atoms with Crippen LogP contribution >= 0.6 is 0 Å². The standard InChI is InChI=1S/C22H20O4/c1-12(2)3-4-15-18(23)6-5-14-17-11-25-20-10-19-13(7-8-24-19)9-16(20)22(17)26-21(14)15/h3,5-10,17,22-23H,4,11H2,1-2H3/t17-,22+/m1/s1. The van der Waals surface area contributed by atoms with E-state index in [1.165, 1.54) is 5.57 Å². The first-order valence-electron chi connectivity index (χ1n) is 8.90. The van der Waals surface area contributed by atoms with Crippen LogP contribution in [-0.4, -0.2) is 11.7 Å². The quantitative estimate of drug-likeness (QED) is 0.642. The molecule has 1 aromatic heterocycles. The van der Waals surface area contributed by atoms with Gasteiger partial charge in [-0.25, -0.2) is 0 Å². The van der Waals surface area contributed by atoms with Crippen LogP contribution in [0.3, 0.4) is 0 Å². The summed E-state index contributed by atoms with van der Waals surface area (Å²) >= 11 is 0. The second-order valence-electron chi connectivity index (χ2n) is 7.27. The van der Waals surface area contributed by atoms with Crippen molar-refractivity contribution >= 4 is 11.0 Å². The molecule has 2 aromatic carbocycles. The van der Waals surface area contributed by atoms with Crippen molar-refractivity contribution in [2.45, 2.75) is 32.3 Å². The molecule has 0 saturated heterocycles. The third-order valence-corrected chi connectivity index (χ3v) is 5.30. The lowest BCUT2D eigenvalue weighted by Crippen LogP contribution is -2.23. The molecule has 4 heteroatoms. The summed E-state index contributed by atoms with van der Waals surface area (Å²) < 4.78 is 17.9. The molecule has 0 saturated carbocycles. The van der Waals surface area contributed by atoms with Gasteiger partial charge in [-0.15, -0.1) is 0 Å². The maximum Gasteiger partial charge on any atom is 0.138 e. The molecule has 2 atom stereocenters. The highest BCUT2D eigenvalue weighted by Crippen LogP contribution is 2.54. The molecule has 0 fully saturated rings. The van der Waals surface area contributed by atoms with E-state index in [0.717, 1.165) is 39.2 Å². The fraction of sp³-hybridized carbons (Fsp3) is 0.273. The van der Waals surface area contributed by atoms with Crippen molar-refractivity contribution in [3.63, 3.8) is 0 Å². The summed E-state index contributed by atoms with van der Waals surface area (Å²) in [6.07, 6.45) is 4.36. The van der Waals surface area contributed by atoms with Crippen LogP contribution in [0.15, 0.2) is 52.7 Å². The summed E-state index contributed by atoms with van der Waals surface area (Å²) in [5.41, 5.74) is 5.04. The second-order valence-corrected chi connectivity index (χ2v) is 7.27. The SMILES string of the molecule is CC(C)=CCc1c(O)ccc2c1O[C@H]1c3cc4ccoc4cc3OC[C@H]21. The number of hydrogen-bond donors (Lipinski definition) is 1. The van der Waals surface area contributed by atoms with Crippen LogP contribution in [-0.2, 0) is 6.42 Å². The molecule has 3 aromatic rings. The molecule has 4 nitrogen and oxygen atoms in total. The predicted octanol–water partition coefficient (Wildman–Crippen LogP) is 5.26. The third-order valence-electron chi connectivity index (χ3n) is 5.30. The van der Waals surface area contributed by atoms with Gasteiger partial charge < -0.3 is 19.0 Å². The Balaban J connectivity index is 1.61. The molecule has 1 N–H and O–H groups in total. The van der Waals surface area contributed by atoms with Crippen LogP contribution in [0.5, 0.6) is 17.2 Å². The van der Waals surface area contributed by atoms with Gasteiger partial charge in [0.2, 0.25) is 0 Å². The van der Waals surface area contributed by atoms with E-state index in [4.69, 9.17) is 13.9 Å². The van der Waals surface area contributed by atoms with Crippen molar-refractivity contribution in [1.29, 1.82) is 0 Å². The number of phenolic OH excluding ortho intramolecular Hbond substituents is 1. The summed E-state index contributed by atoms with van der Waals surface area (Å²) in [5, 5.41) is 11.4. The van der Waals surface area contributed by atoms with Crippen molar-refractivity contribution < 1.29 is 19.0 Å². The van der Waals surface area contributed by atoms with Gasteiger partial charge in [0.25, 0.3) is 0 Å². The predicted molar refractivity (Wildman–Crippen MR) is 99.1 cm³/mol. The molecular formula is C22H20O4. The van der Waals surface area contributed by atoms with Crippen LogP contribution in [0.2, 0.25) is 0 Å². The number of allylic oxidation sites excluding steroid dienone is 2. The van der Waals surface area contributed by atoms with Gasteiger partial charge in [0.1, 0.15) is 28.9 Å². The Kier molecular flexibility index (Phi) is 3.29. The van der Waals surface area contributed by atoms with Crippen LogP contribution in [0.4, 0.5) is 0 Å². The molecule has 5 rings (SSSR count). The van der Waals surface area contributed by atoms with Gasteiger partial charge in [-0.05, 0) is 38.5 Å². The Labute approximate surface area is 151 Å². The topological polar surface area (TPSA) is 51.8 Å². The Morgan fingerprint density at radius 2 is 2.08 bits per heavy atom. The van der Waals surface area contributed by atoms with Crippen molar-refractivity contribution in [2.75, 3.05) is 6.61 Å². The molecule has 132 valence electrons. The molecule has 0 unspecified atom stereocenters. The van der Waals surface area contributed by atoms with Crippen LogP contribution in [0.1, 0.15) is 42.6 Å². The van der Waals surface area contributed by atoms with E-state index in [1.54, 1.807) is 12.3 Å². The molecule has 0 radical (unpaired) electrons. The number of benzene rings is 2. The number of rotatable bonds is 2. The minimum Gasteiger partial charge on any atom is -0.508 e. The van der Waals surface area contributed by atoms with E-state index in [2.05, 4.69) is 26.0 Å². The Hall–Kier alpha value is -2.88. The van der Waals surface area contributed by atoms with E-state index >= 15 is 0 Å². The van der Waals surface area contributed by atoms with Gasteiger partial charge in [-0.2, -0.15) is 0 Å². The van der Waals surface area contributed by atoms with Gasteiger partial charge >= 0.3 is 0 Å². The summed E-state index contributed by atoms with van der Waals surface area (Å²) in [7, 11) is 0.